The van der Waals surface area contributed by atoms with Crippen molar-refractivity contribution in [2.45, 2.75) is 38.7 Å². The van der Waals surface area contributed by atoms with E-state index in [0.717, 1.165) is 38.2 Å². The second-order valence-electron chi connectivity index (χ2n) is 6.46. The molecule has 1 fully saturated rings. The number of primary amides is 1. The average Bonchev–Trinajstić information content (AvgIpc) is 2.45. The number of hydrogen-bond acceptors (Lipinski definition) is 5. The van der Waals surface area contributed by atoms with Crippen LogP contribution >= 0.6 is 11.6 Å². The van der Waals surface area contributed by atoms with Crippen LogP contribution in [-0.4, -0.2) is 29.8 Å². The van der Waals surface area contributed by atoms with Crippen molar-refractivity contribution in [3.05, 3.63) is 22.8 Å². The number of nitriles is 1. The van der Waals surface area contributed by atoms with Crippen LogP contribution in [0.3, 0.4) is 0 Å². The molecule has 1 saturated heterocycles. The van der Waals surface area contributed by atoms with Gasteiger partial charge in [-0.2, -0.15) is 5.26 Å². The van der Waals surface area contributed by atoms with Crippen LogP contribution < -0.4 is 10.6 Å². The highest BCUT2D eigenvalue weighted by Crippen LogP contribution is 2.30. The summed E-state index contributed by atoms with van der Waals surface area (Å²) in [4.78, 5) is 17.4. The van der Waals surface area contributed by atoms with Crippen LogP contribution in [-0.2, 0) is 4.74 Å². The minimum Gasteiger partial charge on any atom is -0.444 e. The van der Waals surface area contributed by atoms with Gasteiger partial charge in [0.25, 0.3) is 0 Å². The van der Waals surface area contributed by atoms with Crippen LogP contribution in [0.15, 0.2) is 12.1 Å². The molecule has 1 aromatic rings. The van der Waals surface area contributed by atoms with Crippen molar-refractivity contribution in [2.75, 3.05) is 18.0 Å². The summed E-state index contributed by atoms with van der Waals surface area (Å²) in [5.41, 5.74) is 5.06. The number of aromatic nitrogens is 1. The molecule has 0 aromatic carbocycles. The molecule has 2 heterocycles. The number of halogens is 1. The number of amides is 1. The molecule has 2 N–H and O–H groups in total. The summed E-state index contributed by atoms with van der Waals surface area (Å²) in [6.07, 6.45) is 1.96. The molecule has 0 atom stereocenters. The van der Waals surface area contributed by atoms with Crippen molar-refractivity contribution in [3.63, 3.8) is 0 Å². The number of rotatable bonds is 4. The van der Waals surface area contributed by atoms with Gasteiger partial charge >= 0.3 is 6.09 Å². The number of carbonyl (C=O) groups excluding carboxylic acids is 1. The van der Waals surface area contributed by atoms with Gasteiger partial charge in [-0.05, 0) is 51.2 Å². The Balaban J connectivity index is 1.95. The lowest BCUT2D eigenvalue weighted by molar-refractivity contribution is 0.0236. The van der Waals surface area contributed by atoms with Crippen LogP contribution in [0, 0.1) is 17.2 Å². The predicted molar refractivity (Wildman–Crippen MR) is 88.3 cm³/mol. The third kappa shape index (κ3) is 5.00. The molecule has 1 aliphatic heterocycles. The molecular formula is C16H21ClN4O2. The molecular weight excluding hydrogens is 316 g/mol. The fourth-order valence-corrected chi connectivity index (χ4v) is 3.29. The van der Waals surface area contributed by atoms with E-state index in [9.17, 15) is 4.79 Å². The summed E-state index contributed by atoms with van der Waals surface area (Å²) in [5.74, 6) is 1.19. The first-order valence-corrected chi connectivity index (χ1v) is 7.98. The molecule has 0 spiro atoms. The Kier molecular flexibility index (Phi) is 5.32. The van der Waals surface area contributed by atoms with Crippen LogP contribution in [0.25, 0.3) is 0 Å². The molecule has 23 heavy (non-hydrogen) atoms. The van der Waals surface area contributed by atoms with Gasteiger partial charge in [0.2, 0.25) is 0 Å². The van der Waals surface area contributed by atoms with Crippen molar-refractivity contribution < 1.29 is 9.53 Å². The third-order valence-electron chi connectivity index (χ3n) is 4.01. The van der Waals surface area contributed by atoms with Crippen molar-refractivity contribution in [2.24, 2.45) is 11.7 Å². The minimum atomic E-state index is -0.736. The van der Waals surface area contributed by atoms with Crippen LogP contribution in [0.5, 0.6) is 0 Å². The van der Waals surface area contributed by atoms with Gasteiger partial charge in [0.05, 0.1) is 11.6 Å². The number of ether oxygens (including phenoxy) is 1. The lowest BCUT2D eigenvalue weighted by Gasteiger charge is -2.36. The number of nitrogens with two attached hydrogens (primary N) is 1. The third-order valence-corrected chi connectivity index (χ3v) is 4.20. The zero-order valence-corrected chi connectivity index (χ0v) is 14.1. The van der Waals surface area contributed by atoms with Crippen molar-refractivity contribution in [3.8, 4) is 6.07 Å². The zero-order chi connectivity index (χ0) is 17.0. The lowest BCUT2D eigenvalue weighted by atomic mass is 9.86. The Bertz CT molecular complexity index is 619. The average molecular weight is 337 g/mol. The highest BCUT2D eigenvalue weighted by atomic mass is 35.5. The molecule has 0 unspecified atom stereocenters. The summed E-state index contributed by atoms with van der Waals surface area (Å²) >= 11 is 5.96. The number of piperidine rings is 1. The van der Waals surface area contributed by atoms with E-state index in [0.29, 0.717) is 16.6 Å². The smallest absolute Gasteiger partial charge is 0.405 e. The van der Waals surface area contributed by atoms with Gasteiger partial charge in [-0.15, -0.1) is 0 Å². The summed E-state index contributed by atoms with van der Waals surface area (Å²) < 4.78 is 5.16. The highest BCUT2D eigenvalue weighted by molar-refractivity contribution is 6.29. The summed E-state index contributed by atoms with van der Waals surface area (Å²) in [5, 5.41) is 9.35. The Morgan fingerprint density at radius 3 is 2.74 bits per heavy atom. The molecule has 1 aliphatic rings. The number of carbonyl (C=O) groups is 1. The topological polar surface area (TPSA) is 92.2 Å². The largest absolute Gasteiger partial charge is 0.444 e. The van der Waals surface area contributed by atoms with Crippen LogP contribution in [0.1, 0.15) is 38.7 Å². The molecule has 0 aliphatic carbocycles. The maximum Gasteiger partial charge on any atom is 0.405 e. The first-order chi connectivity index (χ1) is 10.8. The van der Waals surface area contributed by atoms with E-state index >= 15 is 0 Å². The quantitative estimate of drug-likeness (QED) is 0.853. The summed E-state index contributed by atoms with van der Waals surface area (Å²) in [6.45, 7) is 5.41. The molecule has 1 amide bonds. The predicted octanol–water partition coefficient (Wildman–Crippen LogP) is 3.09. The molecule has 6 nitrogen and oxygen atoms in total. The Morgan fingerprint density at radius 1 is 1.52 bits per heavy atom. The number of nitrogens with zero attached hydrogens (tertiary/aromatic N) is 3. The maximum atomic E-state index is 10.9. The normalized spacial score (nSPS) is 16.0. The van der Waals surface area contributed by atoms with Gasteiger partial charge in [0.15, 0.2) is 0 Å². The van der Waals surface area contributed by atoms with Crippen LogP contribution in [0.4, 0.5) is 10.6 Å². The lowest BCUT2D eigenvalue weighted by Crippen LogP contribution is -2.39. The summed E-state index contributed by atoms with van der Waals surface area (Å²) in [7, 11) is 0. The van der Waals surface area contributed by atoms with Gasteiger partial charge in [0, 0.05) is 13.1 Å². The van der Waals surface area contributed by atoms with Crippen molar-refractivity contribution in [1.82, 2.24) is 4.98 Å². The Hall–Kier alpha value is -2.00. The standard InChI is InChI=1S/C16H21ClN4O2/c1-16(2,23-15(19)22)9-11-3-5-21(6-4-11)14-8-12(10-18)7-13(17)20-14/h7-8,11H,3-6,9H2,1-2H3,(H2,19,22). The number of anilines is 1. The monoisotopic (exact) mass is 336 g/mol. The number of hydrogen-bond donors (Lipinski definition) is 1. The summed E-state index contributed by atoms with van der Waals surface area (Å²) in [6, 6.07) is 5.41. The van der Waals surface area contributed by atoms with Crippen molar-refractivity contribution >= 4 is 23.5 Å². The van der Waals surface area contributed by atoms with Gasteiger partial charge in [-0.3, -0.25) is 0 Å². The van der Waals surface area contributed by atoms with Gasteiger partial charge in [-0.25, -0.2) is 9.78 Å². The minimum absolute atomic E-state index is 0.331. The number of pyridine rings is 1. The van der Waals surface area contributed by atoms with E-state index in [2.05, 4.69) is 16.0 Å². The molecule has 0 radical (unpaired) electrons. The molecule has 7 heteroatoms. The van der Waals surface area contributed by atoms with Gasteiger partial charge < -0.3 is 15.4 Å². The molecule has 124 valence electrons. The highest BCUT2D eigenvalue weighted by Gasteiger charge is 2.29. The van der Waals surface area contributed by atoms with E-state index in [-0.39, 0.29) is 0 Å². The maximum absolute atomic E-state index is 10.9. The molecule has 1 aromatic heterocycles. The van der Waals surface area contributed by atoms with E-state index in [1.807, 2.05) is 13.8 Å². The SMILES string of the molecule is CC(C)(CC1CCN(c2cc(C#N)cc(Cl)n2)CC1)OC(N)=O. The van der Waals surface area contributed by atoms with E-state index in [1.54, 1.807) is 12.1 Å². The van der Waals surface area contributed by atoms with E-state index in [1.165, 1.54) is 0 Å². The van der Waals surface area contributed by atoms with Gasteiger partial charge in [-0.1, -0.05) is 11.6 Å². The fourth-order valence-electron chi connectivity index (χ4n) is 3.08. The fraction of sp³-hybridized carbons (Fsp3) is 0.562. The molecule has 2 rings (SSSR count). The van der Waals surface area contributed by atoms with Crippen molar-refractivity contribution in [1.29, 1.82) is 5.26 Å². The molecule has 0 saturated carbocycles. The second kappa shape index (κ2) is 7.05. The van der Waals surface area contributed by atoms with E-state index < -0.39 is 11.7 Å². The second-order valence-corrected chi connectivity index (χ2v) is 6.85. The first-order valence-electron chi connectivity index (χ1n) is 7.60. The van der Waals surface area contributed by atoms with Gasteiger partial charge in [0.1, 0.15) is 16.6 Å². The Morgan fingerprint density at radius 2 is 2.17 bits per heavy atom. The Labute approximate surface area is 141 Å². The van der Waals surface area contributed by atoms with Crippen LogP contribution in [0.2, 0.25) is 5.15 Å². The first kappa shape index (κ1) is 17.4. The van der Waals surface area contributed by atoms with E-state index in [4.69, 9.17) is 27.3 Å². The molecule has 0 bridgehead atoms. The zero-order valence-electron chi connectivity index (χ0n) is 13.4.